The van der Waals surface area contributed by atoms with E-state index in [1.807, 2.05) is 13.8 Å². The second-order valence-corrected chi connectivity index (χ2v) is 5.00. The number of nitrogens with one attached hydrogen (secondary N) is 1. The zero-order valence-electron chi connectivity index (χ0n) is 12.1. The van der Waals surface area contributed by atoms with Gasteiger partial charge < -0.3 is 10.1 Å². The summed E-state index contributed by atoms with van der Waals surface area (Å²) >= 11 is 0. The van der Waals surface area contributed by atoms with Crippen LogP contribution < -0.4 is 5.32 Å². The van der Waals surface area contributed by atoms with Crippen molar-refractivity contribution in [1.29, 1.82) is 0 Å². The fourth-order valence-electron chi connectivity index (χ4n) is 1.59. The maximum absolute atomic E-state index is 13.5. The molecule has 1 N–H and O–H groups in total. The third-order valence-corrected chi connectivity index (χ3v) is 2.61. The summed E-state index contributed by atoms with van der Waals surface area (Å²) in [5.74, 6) is -1.01. The first-order valence-corrected chi connectivity index (χ1v) is 6.71. The molecule has 7 heteroatoms. The largest absolute Gasteiger partial charge is 0.381 e. The lowest BCUT2D eigenvalue weighted by molar-refractivity contribution is -0.384. The van der Waals surface area contributed by atoms with E-state index in [1.54, 1.807) is 0 Å². The van der Waals surface area contributed by atoms with Crippen LogP contribution in [0.2, 0.25) is 0 Å². The predicted octanol–water partition coefficient (Wildman–Crippen LogP) is 2.53. The fourth-order valence-corrected chi connectivity index (χ4v) is 1.59. The van der Waals surface area contributed by atoms with Crippen LogP contribution in [0, 0.1) is 21.8 Å². The number of hydrogen-bond donors (Lipinski definition) is 1. The summed E-state index contributed by atoms with van der Waals surface area (Å²) in [5.41, 5.74) is -0.644. The molecule has 0 bridgehead atoms. The van der Waals surface area contributed by atoms with Gasteiger partial charge in [0.1, 0.15) is 5.82 Å². The van der Waals surface area contributed by atoms with Crippen LogP contribution >= 0.6 is 0 Å². The summed E-state index contributed by atoms with van der Waals surface area (Å²) in [5, 5.41) is 13.1. The summed E-state index contributed by atoms with van der Waals surface area (Å²) in [7, 11) is 0. The van der Waals surface area contributed by atoms with E-state index < -0.39 is 16.6 Å². The molecule has 21 heavy (non-hydrogen) atoms. The van der Waals surface area contributed by atoms with E-state index in [4.69, 9.17) is 4.74 Å². The maximum Gasteiger partial charge on any atom is 0.270 e. The number of benzene rings is 1. The Morgan fingerprint density at radius 3 is 2.81 bits per heavy atom. The molecule has 1 rings (SSSR count). The lowest BCUT2D eigenvalue weighted by Crippen LogP contribution is -2.26. The van der Waals surface area contributed by atoms with Gasteiger partial charge in [-0.25, -0.2) is 4.39 Å². The number of nitrogens with zero attached hydrogens (tertiary/aromatic N) is 1. The second kappa shape index (κ2) is 8.31. The average molecular weight is 298 g/mol. The number of ether oxygens (including phenoxy) is 1. The van der Waals surface area contributed by atoms with Crippen molar-refractivity contribution in [2.24, 2.45) is 5.92 Å². The Hall–Kier alpha value is -2.02. The van der Waals surface area contributed by atoms with Crippen LogP contribution in [0.5, 0.6) is 0 Å². The van der Waals surface area contributed by atoms with Crippen LogP contribution in [-0.2, 0) is 4.74 Å². The molecule has 0 heterocycles. The summed E-state index contributed by atoms with van der Waals surface area (Å²) in [6.45, 7) is 5.53. The molecule has 0 radical (unpaired) electrons. The monoisotopic (exact) mass is 298 g/mol. The molecule has 0 fully saturated rings. The highest BCUT2D eigenvalue weighted by atomic mass is 19.1. The molecule has 1 aromatic carbocycles. The molecule has 0 unspecified atom stereocenters. The Bertz CT molecular complexity index is 506. The molecule has 6 nitrogen and oxygen atoms in total. The van der Waals surface area contributed by atoms with Crippen LogP contribution in [0.15, 0.2) is 18.2 Å². The normalized spacial score (nSPS) is 10.7. The van der Waals surface area contributed by atoms with Gasteiger partial charge >= 0.3 is 0 Å². The lowest BCUT2D eigenvalue weighted by Gasteiger charge is -2.08. The number of carbonyl (C=O) groups excluding carboxylic acids is 1. The van der Waals surface area contributed by atoms with Crippen molar-refractivity contribution in [3.8, 4) is 0 Å². The van der Waals surface area contributed by atoms with Gasteiger partial charge in [0, 0.05) is 31.9 Å². The number of rotatable bonds is 8. The summed E-state index contributed by atoms with van der Waals surface area (Å²) in [6, 6.07) is 2.87. The Kier molecular flexibility index (Phi) is 6.74. The number of non-ortho nitro benzene ring substituents is 1. The molecule has 0 aliphatic heterocycles. The minimum absolute atomic E-state index is 0.318. The molecule has 0 aliphatic carbocycles. The van der Waals surface area contributed by atoms with Crippen molar-refractivity contribution in [2.75, 3.05) is 19.8 Å². The number of hydrogen-bond acceptors (Lipinski definition) is 4. The third kappa shape index (κ3) is 5.86. The van der Waals surface area contributed by atoms with Gasteiger partial charge in [0.15, 0.2) is 0 Å². The number of nitro groups is 1. The van der Waals surface area contributed by atoms with Gasteiger partial charge in [0.05, 0.1) is 10.5 Å². The van der Waals surface area contributed by atoms with Crippen LogP contribution in [0.1, 0.15) is 30.6 Å². The van der Waals surface area contributed by atoms with E-state index in [2.05, 4.69) is 5.32 Å². The molecule has 0 saturated heterocycles. The molecule has 1 amide bonds. The minimum Gasteiger partial charge on any atom is -0.381 e. The van der Waals surface area contributed by atoms with Crippen molar-refractivity contribution in [3.05, 3.63) is 39.7 Å². The maximum atomic E-state index is 13.5. The highest BCUT2D eigenvalue weighted by molar-refractivity contribution is 5.95. The van der Waals surface area contributed by atoms with Crippen molar-refractivity contribution < 1.29 is 18.8 Å². The molecular weight excluding hydrogens is 279 g/mol. The molecular formula is C14H19FN2O4. The zero-order chi connectivity index (χ0) is 15.8. The zero-order valence-corrected chi connectivity index (χ0v) is 12.1. The SMILES string of the molecule is CC(C)COCCCNC(=O)c1cc([N+](=O)[O-])ccc1F. The first kappa shape index (κ1) is 17.0. The highest BCUT2D eigenvalue weighted by Crippen LogP contribution is 2.16. The Morgan fingerprint density at radius 1 is 1.48 bits per heavy atom. The minimum atomic E-state index is -0.783. The second-order valence-electron chi connectivity index (χ2n) is 5.00. The predicted molar refractivity (Wildman–Crippen MR) is 75.7 cm³/mol. The van der Waals surface area contributed by atoms with Crippen molar-refractivity contribution in [3.63, 3.8) is 0 Å². The topological polar surface area (TPSA) is 81.5 Å². The van der Waals surface area contributed by atoms with Gasteiger partial charge in [0.2, 0.25) is 0 Å². The molecule has 0 aromatic heterocycles. The Morgan fingerprint density at radius 2 is 2.19 bits per heavy atom. The van der Waals surface area contributed by atoms with Gasteiger partial charge in [0.25, 0.3) is 11.6 Å². The van der Waals surface area contributed by atoms with E-state index in [0.29, 0.717) is 32.1 Å². The molecule has 0 atom stereocenters. The molecule has 1 aromatic rings. The Labute approximate surface area is 122 Å². The Balaban J connectivity index is 2.45. The summed E-state index contributed by atoms with van der Waals surface area (Å²) in [6.07, 6.45) is 0.592. The molecule has 0 saturated carbocycles. The molecule has 0 aliphatic rings. The first-order chi connectivity index (χ1) is 9.91. The molecule has 0 spiro atoms. The summed E-state index contributed by atoms with van der Waals surface area (Å²) in [4.78, 5) is 21.7. The van der Waals surface area contributed by atoms with Gasteiger partial charge in [-0.1, -0.05) is 13.8 Å². The van der Waals surface area contributed by atoms with E-state index >= 15 is 0 Å². The van der Waals surface area contributed by atoms with Gasteiger partial charge in [-0.3, -0.25) is 14.9 Å². The van der Waals surface area contributed by atoms with Crippen LogP contribution in [0.25, 0.3) is 0 Å². The van der Waals surface area contributed by atoms with E-state index in [0.717, 1.165) is 18.2 Å². The fraction of sp³-hybridized carbons (Fsp3) is 0.500. The smallest absolute Gasteiger partial charge is 0.270 e. The third-order valence-electron chi connectivity index (χ3n) is 2.61. The van der Waals surface area contributed by atoms with Crippen molar-refractivity contribution >= 4 is 11.6 Å². The van der Waals surface area contributed by atoms with Crippen LogP contribution in [-0.4, -0.2) is 30.6 Å². The summed E-state index contributed by atoms with van der Waals surface area (Å²) < 4.78 is 18.8. The molecule has 116 valence electrons. The van der Waals surface area contributed by atoms with Crippen molar-refractivity contribution in [1.82, 2.24) is 5.32 Å². The number of amides is 1. The number of nitro benzene ring substituents is 1. The van der Waals surface area contributed by atoms with E-state index in [9.17, 15) is 19.3 Å². The average Bonchev–Trinajstić information content (AvgIpc) is 2.42. The quantitative estimate of drug-likeness (QED) is 0.454. The van der Waals surface area contributed by atoms with Crippen LogP contribution in [0.3, 0.4) is 0 Å². The standard InChI is InChI=1S/C14H19FN2O4/c1-10(2)9-21-7-3-6-16-14(18)12-8-11(17(19)20)4-5-13(12)15/h4-5,8,10H,3,6-7,9H2,1-2H3,(H,16,18). The van der Waals surface area contributed by atoms with Crippen LogP contribution in [0.4, 0.5) is 10.1 Å². The first-order valence-electron chi connectivity index (χ1n) is 6.71. The lowest BCUT2D eigenvalue weighted by atomic mass is 10.1. The number of halogens is 1. The van der Waals surface area contributed by atoms with Gasteiger partial charge in [-0.15, -0.1) is 0 Å². The van der Waals surface area contributed by atoms with Crippen molar-refractivity contribution in [2.45, 2.75) is 20.3 Å². The van der Waals surface area contributed by atoms with E-state index in [-0.39, 0.29) is 11.3 Å². The highest BCUT2D eigenvalue weighted by Gasteiger charge is 2.16. The number of carbonyl (C=O) groups is 1. The van der Waals surface area contributed by atoms with Gasteiger partial charge in [-0.2, -0.15) is 0 Å². The van der Waals surface area contributed by atoms with E-state index in [1.165, 1.54) is 0 Å². The van der Waals surface area contributed by atoms with Gasteiger partial charge in [-0.05, 0) is 18.4 Å².